The fourth-order valence-corrected chi connectivity index (χ4v) is 4.22. The maximum absolute atomic E-state index is 14.3. The molecule has 1 aliphatic heterocycles. The van der Waals surface area contributed by atoms with Crippen molar-refractivity contribution in [3.05, 3.63) is 89.7 Å². The number of hydrogen-bond donors (Lipinski definition) is 1. The number of furan rings is 1. The van der Waals surface area contributed by atoms with Crippen molar-refractivity contribution in [3.63, 3.8) is 0 Å². The van der Waals surface area contributed by atoms with Crippen LogP contribution in [0.5, 0.6) is 0 Å². The van der Waals surface area contributed by atoms with Gasteiger partial charge < -0.3 is 14.3 Å². The third-order valence-electron chi connectivity index (χ3n) is 5.64. The number of halogens is 1. The minimum atomic E-state index is -0.557. The van der Waals surface area contributed by atoms with E-state index in [9.17, 15) is 9.18 Å². The summed E-state index contributed by atoms with van der Waals surface area (Å²) in [7, 11) is 0. The molecule has 7 nitrogen and oxygen atoms in total. The molecule has 5 heterocycles. The Morgan fingerprint density at radius 3 is 3.07 bits per heavy atom. The number of nitrogens with zero attached hydrogens (tertiary/aromatic N) is 4. The number of nitrogens with one attached hydrogen (secondary N) is 1. The van der Waals surface area contributed by atoms with E-state index >= 15 is 0 Å². The molecule has 1 aromatic carbocycles. The van der Waals surface area contributed by atoms with Crippen molar-refractivity contribution >= 4 is 22.4 Å². The lowest BCUT2D eigenvalue weighted by molar-refractivity contribution is 0.0675. The maximum atomic E-state index is 14.3. The molecule has 0 fully saturated rings. The van der Waals surface area contributed by atoms with Gasteiger partial charge in [-0.3, -0.25) is 4.79 Å². The van der Waals surface area contributed by atoms with Crippen molar-refractivity contribution in [2.45, 2.75) is 12.5 Å². The first kappa shape index (κ1) is 17.0. The molecule has 4 aromatic heterocycles. The number of benzene rings is 1. The van der Waals surface area contributed by atoms with E-state index in [4.69, 9.17) is 4.42 Å². The van der Waals surface area contributed by atoms with E-state index in [1.165, 1.54) is 6.07 Å². The summed E-state index contributed by atoms with van der Waals surface area (Å²) in [5.41, 5.74) is 3.33. The highest BCUT2D eigenvalue weighted by atomic mass is 19.1. The van der Waals surface area contributed by atoms with Gasteiger partial charge in [-0.1, -0.05) is 12.1 Å². The number of aromatic nitrogens is 4. The lowest BCUT2D eigenvalue weighted by atomic mass is 9.99. The topological polar surface area (TPSA) is 79.4 Å². The van der Waals surface area contributed by atoms with E-state index in [0.717, 1.165) is 11.2 Å². The molecule has 1 N–H and O–H groups in total. The van der Waals surface area contributed by atoms with Crippen LogP contribution >= 0.6 is 0 Å². The number of rotatable bonds is 2. The lowest BCUT2D eigenvalue weighted by Gasteiger charge is -2.33. The molecule has 0 aliphatic carbocycles. The van der Waals surface area contributed by atoms with E-state index in [2.05, 4.69) is 15.1 Å². The van der Waals surface area contributed by atoms with Gasteiger partial charge in [0.15, 0.2) is 0 Å². The average molecular weight is 401 g/mol. The second-order valence-electron chi connectivity index (χ2n) is 7.31. The van der Waals surface area contributed by atoms with Crippen molar-refractivity contribution in [3.8, 4) is 0 Å². The van der Waals surface area contributed by atoms with Gasteiger partial charge in [0.1, 0.15) is 23.2 Å². The first-order valence-corrected chi connectivity index (χ1v) is 9.64. The first-order valence-electron chi connectivity index (χ1n) is 9.64. The number of aromatic amines is 1. The monoisotopic (exact) mass is 401 g/mol. The van der Waals surface area contributed by atoms with E-state index in [-0.39, 0.29) is 11.7 Å². The SMILES string of the molecule is O=C(c1cnn2ccccc12)N1CCc2[nH]cnc2[C@@H]1c1cc2c(F)cccc2o1. The Morgan fingerprint density at radius 2 is 2.17 bits per heavy atom. The van der Waals surface area contributed by atoms with Crippen molar-refractivity contribution < 1.29 is 13.6 Å². The standard InChI is InChI=1S/C22H16FN5O2/c23-15-4-3-6-18-13(15)10-19(30-18)21-20-16(24-12-25-20)7-9-27(21)22(29)14-11-26-28-8-2-1-5-17(14)28/h1-6,8,10-12,21H,7,9H2,(H,24,25)/t21-/m0/s1. The van der Waals surface area contributed by atoms with Crippen LogP contribution in [0.4, 0.5) is 4.39 Å². The van der Waals surface area contributed by atoms with Crippen LogP contribution in [0.2, 0.25) is 0 Å². The Morgan fingerprint density at radius 1 is 1.23 bits per heavy atom. The second-order valence-corrected chi connectivity index (χ2v) is 7.31. The summed E-state index contributed by atoms with van der Waals surface area (Å²) in [6.45, 7) is 0.475. The molecule has 0 saturated carbocycles. The summed E-state index contributed by atoms with van der Waals surface area (Å²) in [4.78, 5) is 22.9. The highest BCUT2D eigenvalue weighted by Gasteiger charge is 2.37. The first-order chi connectivity index (χ1) is 14.7. The summed E-state index contributed by atoms with van der Waals surface area (Å²) in [6, 6.07) is 11.4. The van der Waals surface area contributed by atoms with Gasteiger partial charge in [-0.05, 0) is 30.3 Å². The molecule has 1 atom stereocenters. The van der Waals surface area contributed by atoms with Crippen LogP contribution in [0.1, 0.15) is 33.5 Å². The lowest BCUT2D eigenvalue weighted by Crippen LogP contribution is -2.40. The minimum absolute atomic E-state index is 0.171. The number of hydrogen-bond acceptors (Lipinski definition) is 4. The number of fused-ring (bicyclic) bond motifs is 3. The molecular formula is C22H16FN5O2. The zero-order chi connectivity index (χ0) is 20.2. The highest BCUT2D eigenvalue weighted by molar-refractivity contribution is 6.01. The summed E-state index contributed by atoms with van der Waals surface area (Å²) in [6.07, 6.45) is 5.64. The van der Waals surface area contributed by atoms with Gasteiger partial charge in [0, 0.05) is 24.9 Å². The zero-order valence-corrected chi connectivity index (χ0v) is 15.7. The Labute approximate surface area is 169 Å². The molecule has 30 heavy (non-hydrogen) atoms. The molecule has 0 radical (unpaired) electrons. The van der Waals surface area contributed by atoms with E-state index < -0.39 is 6.04 Å². The number of pyridine rings is 1. The number of amides is 1. The zero-order valence-electron chi connectivity index (χ0n) is 15.7. The van der Waals surface area contributed by atoms with Gasteiger partial charge >= 0.3 is 0 Å². The average Bonchev–Trinajstić information content (AvgIpc) is 3.50. The van der Waals surface area contributed by atoms with E-state index in [1.54, 1.807) is 46.3 Å². The fraction of sp³-hybridized carbons (Fsp3) is 0.136. The van der Waals surface area contributed by atoms with Crippen LogP contribution in [-0.4, -0.2) is 36.9 Å². The Hall–Kier alpha value is -3.94. The Kier molecular flexibility index (Phi) is 3.55. The van der Waals surface area contributed by atoms with Crippen LogP contribution < -0.4 is 0 Å². The maximum Gasteiger partial charge on any atom is 0.258 e. The van der Waals surface area contributed by atoms with Gasteiger partial charge in [-0.25, -0.2) is 13.9 Å². The molecule has 6 rings (SSSR count). The van der Waals surface area contributed by atoms with Crippen molar-refractivity contribution in [2.24, 2.45) is 0 Å². The van der Waals surface area contributed by atoms with Gasteiger partial charge in [0.25, 0.3) is 5.91 Å². The molecule has 0 unspecified atom stereocenters. The normalized spacial score (nSPS) is 16.3. The molecular weight excluding hydrogens is 385 g/mol. The van der Waals surface area contributed by atoms with Gasteiger partial charge in [0.05, 0.1) is 34.7 Å². The molecule has 5 aromatic rings. The van der Waals surface area contributed by atoms with Crippen molar-refractivity contribution in [2.75, 3.05) is 6.54 Å². The smallest absolute Gasteiger partial charge is 0.258 e. The number of carbonyl (C=O) groups excluding carboxylic acids is 1. The third kappa shape index (κ3) is 2.40. The van der Waals surface area contributed by atoms with Crippen LogP contribution in [0.25, 0.3) is 16.5 Å². The number of imidazole rings is 1. The van der Waals surface area contributed by atoms with Crippen molar-refractivity contribution in [1.29, 1.82) is 0 Å². The molecule has 148 valence electrons. The summed E-state index contributed by atoms with van der Waals surface area (Å²) < 4.78 is 21.9. The van der Waals surface area contributed by atoms with Crippen LogP contribution in [0.3, 0.4) is 0 Å². The Bertz CT molecular complexity index is 1420. The molecule has 0 saturated heterocycles. The number of H-pyrrole nitrogens is 1. The third-order valence-corrected chi connectivity index (χ3v) is 5.64. The predicted molar refractivity (Wildman–Crippen MR) is 107 cm³/mol. The summed E-state index contributed by atoms with van der Waals surface area (Å²) >= 11 is 0. The quantitative estimate of drug-likeness (QED) is 0.489. The highest BCUT2D eigenvalue weighted by Crippen LogP contribution is 2.37. The van der Waals surface area contributed by atoms with Gasteiger partial charge in [0.2, 0.25) is 0 Å². The predicted octanol–water partition coefficient (Wildman–Crippen LogP) is 3.73. The Balaban J connectivity index is 1.50. The van der Waals surface area contributed by atoms with E-state index in [0.29, 0.717) is 41.0 Å². The summed E-state index contributed by atoms with van der Waals surface area (Å²) in [5.74, 6) is -0.0511. The number of carbonyl (C=O) groups is 1. The summed E-state index contributed by atoms with van der Waals surface area (Å²) in [5, 5.41) is 4.67. The fourth-order valence-electron chi connectivity index (χ4n) is 4.22. The van der Waals surface area contributed by atoms with Crippen LogP contribution in [-0.2, 0) is 6.42 Å². The molecule has 8 heteroatoms. The molecule has 0 spiro atoms. The van der Waals surface area contributed by atoms with E-state index in [1.807, 2.05) is 18.2 Å². The molecule has 0 bridgehead atoms. The van der Waals surface area contributed by atoms with Crippen LogP contribution in [0, 0.1) is 5.82 Å². The molecule has 1 aliphatic rings. The van der Waals surface area contributed by atoms with Gasteiger partial charge in [-0.2, -0.15) is 5.10 Å². The van der Waals surface area contributed by atoms with Crippen molar-refractivity contribution in [1.82, 2.24) is 24.5 Å². The minimum Gasteiger partial charge on any atom is -0.458 e. The second kappa shape index (κ2) is 6.28. The van der Waals surface area contributed by atoms with Gasteiger partial charge in [-0.15, -0.1) is 0 Å². The molecule has 1 amide bonds. The largest absolute Gasteiger partial charge is 0.458 e. The van der Waals surface area contributed by atoms with Crippen LogP contribution in [0.15, 0.2) is 65.6 Å².